The smallest absolute Gasteiger partial charge is 0.255 e. The Hall–Kier alpha value is -4.64. The van der Waals surface area contributed by atoms with Crippen LogP contribution in [0.1, 0.15) is 29.5 Å². The van der Waals surface area contributed by atoms with Crippen LogP contribution in [0.4, 0.5) is 5.69 Å². The average molecular weight is 535 g/mol. The van der Waals surface area contributed by atoms with Crippen molar-refractivity contribution in [1.82, 2.24) is 0 Å². The van der Waals surface area contributed by atoms with Crippen molar-refractivity contribution in [3.63, 3.8) is 0 Å². The molecule has 11 nitrogen and oxygen atoms in total. The molecule has 0 saturated heterocycles. The molecule has 0 bridgehead atoms. The molecule has 2 aromatic carbocycles. The van der Waals surface area contributed by atoms with Gasteiger partial charge < -0.3 is 36.2 Å². The lowest BCUT2D eigenvalue weighted by molar-refractivity contribution is -0.147. The molecule has 0 spiro atoms. The first-order chi connectivity index (χ1) is 18.5. The number of anilines is 1. The third kappa shape index (κ3) is 4.02. The second-order valence-corrected chi connectivity index (χ2v) is 9.97. The number of rotatable bonds is 5. The molecule has 11 heteroatoms. The second-order valence-electron chi connectivity index (χ2n) is 9.97. The topological polar surface area (TPSA) is 196 Å². The minimum absolute atomic E-state index is 0.00218. The van der Waals surface area contributed by atoms with Gasteiger partial charge >= 0.3 is 0 Å². The number of ether oxygens (including phenoxy) is 1. The summed E-state index contributed by atoms with van der Waals surface area (Å²) in [6.07, 6.45) is -0.286. The molecule has 0 unspecified atom stereocenters. The molecule has 7 N–H and O–H groups in total. The number of amides is 2. The summed E-state index contributed by atoms with van der Waals surface area (Å²) in [6.45, 7) is 0. The number of carbonyl (C=O) groups excluding carboxylic acids is 4. The van der Waals surface area contributed by atoms with Crippen LogP contribution in [0.25, 0.3) is 5.76 Å². The van der Waals surface area contributed by atoms with E-state index in [-0.39, 0.29) is 42.1 Å². The van der Waals surface area contributed by atoms with Crippen molar-refractivity contribution in [1.29, 1.82) is 0 Å². The van der Waals surface area contributed by atoms with E-state index in [0.717, 1.165) is 5.56 Å². The molecule has 39 heavy (non-hydrogen) atoms. The van der Waals surface area contributed by atoms with Crippen molar-refractivity contribution in [3.05, 3.63) is 70.0 Å². The van der Waals surface area contributed by atoms with E-state index in [1.165, 1.54) is 19.2 Å². The molecule has 202 valence electrons. The van der Waals surface area contributed by atoms with Gasteiger partial charge in [0.1, 0.15) is 28.6 Å². The summed E-state index contributed by atoms with van der Waals surface area (Å²) < 4.78 is 5.12. The summed E-state index contributed by atoms with van der Waals surface area (Å²) in [5, 5.41) is 46.5. The molecule has 1 saturated carbocycles. The number of nitrogens with one attached hydrogen (secondary N) is 1. The fourth-order valence-corrected chi connectivity index (χ4v) is 5.86. The number of phenols is 1. The van der Waals surface area contributed by atoms with Crippen molar-refractivity contribution >= 4 is 34.8 Å². The number of fused-ring (bicyclic) bond motifs is 3. The van der Waals surface area contributed by atoms with Crippen LogP contribution in [0.5, 0.6) is 11.5 Å². The summed E-state index contributed by atoms with van der Waals surface area (Å²) >= 11 is 0. The Kier molecular flexibility index (Phi) is 6.18. The lowest BCUT2D eigenvalue weighted by atomic mass is 9.59. The number of benzene rings is 2. The van der Waals surface area contributed by atoms with Crippen LogP contribution in [0.3, 0.4) is 0 Å². The molecule has 0 aliphatic heterocycles. The van der Waals surface area contributed by atoms with Crippen LogP contribution < -0.4 is 15.8 Å². The van der Waals surface area contributed by atoms with E-state index in [9.17, 15) is 39.6 Å². The predicted octanol–water partition coefficient (Wildman–Crippen LogP) is 1.61. The highest BCUT2D eigenvalue weighted by molar-refractivity contribution is 6.22. The zero-order valence-electron chi connectivity index (χ0n) is 20.9. The second kappa shape index (κ2) is 9.28. The van der Waals surface area contributed by atoms with Gasteiger partial charge in [-0.1, -0.05) is 12.1 Å². The highest BCUT2D eigenvalue weighted by atomic mass is 16.5. The Morgan fingerprint density at radius 1 is 1.08 bits per heavy atom. The lowest BCUT2D eigenvalue weighted by Gasteiger charge is -2.46. The van der Waals surface area contributed by atoms with Crippen molar-refractivity contribution < 1.29 is 44.3 Å². The quantitative estimate of drug-likeness (QED) is 0.244. The van der Waals surface area contributed by atoms with E-state index in [2.05, 4.69) is 5.32 Å². The van der Waals surface area contributed by atoms with Crippen LogP contribution in [0.2, 0.25) is 0 Å². The Bertz CT molecular complexity index is 1510. The molecule has 2 aromatic rings. The maximum absolute atomic E-state index is 13.6. The van der Waals surface area contributed by atoms with Crippen LogP contribution in [-0.2, 0) is 32.0 Å². The third-order valence-electron chi connectivity index (χ3n) is 7.74. The summed E-state index contributed by atoms with van der Waals surface area (Å²) in [7, 11) is 1.54. The monoisotopic (exact) mass is 534 g/mol. The first-order valence-electron chi connectivity index (χ1n) is 12.2. The van der Waals surface area contributed by atoms with Gasteiger partial charge in [-0.2, -0.15) is 0 Å². The first-order valence-corrected chi connectivity index (χ1v) is 12.2. The van der Waals surface area contributed by atoms with Crippen LogP contribution in [0.15, 0.2) is 53.3 Å². The zero-order valence-corrected chi connectivity index (χ0v) is 20.9. The van der Waals surface area contributed by atoms with E-state index >= 15 is 0 Å². The number of nitrogens with two attached hydrogens (primary N) is 1. The van der Waals surface area contributed by atoms with Crippen LogP contribution in [0, 0.1) is 11.8 Å². The van der Waals surface area contributed by atoms with Crippen molar-refractivity contribution in [2.24, 2.45) is 17.6 Å². The number of primary amides is 1. The summed E-state index contributed by atoms with van der Waals surface area (Å²) in [6, 6.07) is 9.69. The number of aliphatic hydroxyl groups is 3. The summed E-state index contributed by atoms with van der Waals surface area (Å²) in [5.41, 5.74) is 2.81. The molecule has 2 amide bonds. The van der Waals surface area contributed by atoms with E-state index in [4.69, 9.17) is 10.5 Å². The fourth-order valence-electron chi connectivity index (χ4n) is 5.86. The summed E-state index contributed by atoms with van der Waals surface area (Å²) in [4.78, 5) is 50.6. The molecule has 0 aromatic heterocycles. The van der Waals surface area contributed by atoms with Crippen molar-refractivity contribution in [3.8, 4) is 11.5 Å². The first kappa shape index (κ1) is 26.0. The molecular formula is C28H26N2O9. The molecule has 3 atom stereocenters. The Balaban J connectivity index is 1.51. The van der Waals surface area contributed by atoms with Gasteiger partial charge in [-0.05, 0) is 54.2 Å². The van der Waals surface area contributed by atoms with Gasteiger partial charge in [0.05, 0.1) is 19.1 Å². The third-order valence-corrected chi connectivity index (χ3v) is 7.74. The van der Waals surface area contributed by atoms with E-state index < -0.39 is 58.4 Å². The number of phenolic OH excluding ortho intramolecular Hbond substituents is 1. The number of ketones is 2. The number of aromatic hydroxyl groups is 1. The highest BCUT2D eigenvalue weighted by Crippen LogP contribution is 2.52. The minimum Gasteiger partial charge on any atom is -0.508 e. The number of aliphatic hydroxyl groups excluding tert-OH is 2. The maximum Gasteiger partial charge on any atom is 0.255 e. The average Bonchev–Trinajstić information content (AvgIpc) is 2.88. The fraction of sp³-hybridized carbons (Fsp3) is 0.286. The Morgan fingerprint density at radius 2 is 1.77 bits per heavy atom. The van der Waals surface area contributed by atoms with Crippen LogP contribution in [-0.4, -0.2) is 56.5 Å². The predicted molar refractivity (Wildman–Crippen MR) is 137 cm³/mol. The van der Waals surface area contributed by atoms with Gasteiger partial charge in [-0.25, -0.2) is 0 Å². The van der Waals surface area contributed by atoms with E-state index in [1.54, 1.807) is 24.3 Å². The van der Waals surface area contributed by atoms with Crippen LogP contribution >= 0.6 is 0 Å². The molecule has 1 fully saturated rings. The van der Waals surface area contributed by atoms with Gasteiger partial charge in [-0.3, -0.25) is 19.2 Å². The lowest BCUT2D eigenvalue weighted by Crippen LogP contribution is -2.58. The Morgan fingerprint density at radius 3 is 2.41 bits per heavy atom. The van der Waals surface area contributed by atoms with Gasteiger partial charge in [0.15, 0.2) is 11.4 Å². The molecular weight excluding hydrogens is 508 g/mol. The highest BCUT2D eigenvalue weighted by Gasteiger charge is 2.60. The standard InChI is InChI=1S/C28H26N2O9/c1-39-15-4-2-12(3-5-15)8-20(33)30-17-6-7-18(31)22-16(17)10-13-9-14-11-19(32)23(27(29)37)26(36)28(14,38)25(35)21(13)24(22)34/h2-7,13-14,31,34,36,38H,8-11H2,1H3,(H2,29,37)(H,30,33)/t13-,14+,28+/m1/s1. The van der Waals surface area contributed by atoms with Gasteiger partial charge in [0.2, 0.25) is 11.7 Å². The van der Waals surface area contributed by atoms with E-state index in [1.807, 2.05) is 0 Å². The normalized spacial score (nSPS) is 24.1. The largest absolute Gasteiger partial charge is 0.508 e. The number of methoxy groups -OCH3 is 1. The number of carbonyl (C=O) groups is 4. The van der Waals surface area contributed by atoms with E-state index in [0.29, 0.717) is 17.0 Å². The molecule has 5 rings (SSSR count). The number of Topliss-reactive ketones (excluding diaryl/α,β-unsaturated/α-hetero) is 2. The molecule has 0 heterocycles. The van der Waals surface area contributed by atoms with Gasteiger partial charge in [-0.15, -0.1) is 0 Å². The Labute approximate surface area is 222 Å². The number of hydrogen-bond acceptors (Lipinski definition) is 9. The molecule has 0 radical (unpaired) electrons. The number of hydrogen-bond donors (Lipinski definition) is 6. The molecule has 3 aliphatic carbocycles. The summed E-state index contributed by atoms with van der Waals surface area (Å²) in [5.74, 6) is -6.75. The van der Waals surface area contributed by atoms with Crippen molar-refractivity contribution in [2.75, 3.05) is 12.4 Å². The van der Waals surface area contributed by atoms with Crippen molar-refractivity contribution in [2.45, 2.75) is 31.3 Å². The van der Waals surface area contributed by atoms with Gasteiger partial charge in [0, 0.05) is 23.6 Å². The zero-order chi connectivity index (χ0) is 28.2. The minimum atomic E-state index is -2.63. The SMILES string of the molecule is COc1ccc(CC(=O)Nc2ccc(O)c3c2C[C@H]2C[C@H]4CC(=O)C(C(N)=O)=C(O)[C@@]4(O)C(=O)C2=C3O)cc1. The van der Waals surface area contributed by atoms with Gasteiger partial charge in [0.25, 0.3) is 5.91 Å². The molecule has 3 aliphatic rings. The maximum atomic E-state index is 13.6.